The number of hydrogen-bond donors (Lipinski definition) is 1. The van der Waals surface area contributed by atoms with Gasteiger partial charge in [0.25, 0.3) is 0 Å². The zero-order chi connectivity index (χ0) is 27.1. The van der Waals surface area contributed by atoms with E-state index in [9.17, 15) is 0 Å². The molecule has 0 aliphatic carbocycles. The van der Waals surface area contributed by atoms with Crippen LogP contribution in [0.2, 0.25) is 0 Å². The molecule has 9 heteroatoms. The minimum absolute atomic E-state index is 0.129. The summed E-state index contributed by atoms with van der Waals surface area (Å²) in [6.45, 7) is 7.96. The number of anilines is 4. The fourth-order valence-corrected chi connectivity index (χ4v) is 7.19. The van der Waals surface area contributed by atoms with Gasteiger partial charge >= 0.3 is 0 Å². The van der Waals surface area contributed by atoms with Crippen molar-refractivity contribution < 1.29 is 9.57 Å². The first-order chi connectivity index (χ1) is 19.6. The Balaban J connectivity index is 0.995. The molecule has 2 aromatic carbocycles. The molecule has 0 bridgehead atoms. The van der Waals surface area contributed by atoms with Gasteiger partial charge < -0.3 is 19.9 Å². The number of nitrogens with zero attached hydrogens (tertiary/aromatic N) is 6. The van der Waals surface area contributed by atoms with Crippen LogP contribution in [0, 0.1) is 5.41 Å². The third-order valence-corrected chi connectivity index (χ3v) is 9.05. The lowest BCUT2D eigenvalue weighted by molar-refractivity contribution is -0.123. The summed E-state index contributed by atoms with van der Waals surface area (Å²) < 4.78 is 5.81. The number of methoxy groups -OCH3 is 1. The molecule has 1 spiro atoms. The maximum Gasteiger partial charge on any atom is 0.158 e. The molecule has 4 fully saturated rings. The van der Waals surface area contributed by atoms with Gasteiger partial charge in [0.1, 0.15) is 17.9 Å². The fourth-order valence-electron chi connectivity index (χ4n) is 7.19. The number of rotatable bonds is 7. The van der Waals surface area contributed by atoms with Gasteiger partial charge in [-0.25, -0.2) is 15.0 Å². The second-order valence-corrected chi connectivity index (χ2v) is 11.9. The maximum absolute atomic E-state index is 5.98. The third kappa shape index (κ3) is 4.87. The van der Waals surface area contributed by atoms with Crippen LogP contribution in [0.25, 0.3) is 0 Å². The van der Waals surface area contributed by atoms with Crippen molar-refractivity contribution in [1.29, 1.82) is 0 Å². The van der Waals surface area contributed by atoms with Crippen molar-refractivity contribution in [3.8, 4) is 5.75 Å². The Kier molecular flexibility index (Phi) is 6.73. The van der Waals surface area contributed by atoms with Gasteiger partial charge in [-0.1, -0.05) is 30.3 Å². The van der Waals surface area contributed by atoms with Crippen LogP contribution in [0.5, 0.6) is 5.75 Å². The Bertz CT molecular complexity index is 1320. The zero-order valence-electron chi connectivity index (χ0n) is 23.5. The molecule has 1 N–H and O–H groups in total. The number of benzene rings is 2. The summed E-state index contributed by atoms with van der Waals surface area (Å²) in [5, 5.41) is 5.34. The third-order valence-electron chi connectivity index (χ3n) is 9.05. The number of ether oxygens (including phenoxy) is 1. The van der Waals surface area contributed by atoms with E-state index in [0.717, 1.165) is 42.8 Å². The molecule has 1 unspecified atom stereocenters. The van der Waals surface area contributed by atoms with Crippen LogP contribution in [0.3, 0.4) is 0 Å². The molecule has 4 aliphatic rings. The molecule has 1 atom stereocenters. The molecule has 1 aromatic heterocycles. The van der Waals surface area contributed by atoms with E-state index in [2.05, 4.69) is 79.5 Å². The van der Waals surface area contributed by atoms with Crippen LogP contribution >= 0.6 is 0 Å². The molecule has 0 saturated carbocycles. The topological polar surface area (TPSA) is 69.2 Å². The largest absolute Gasteiger partial charge is 0.494 e. The molecule has 210 valence electrons. The molecule has 4 aliphatic heterocycles. The first-order valence-corrected chi connectivity index (χ1v) is 14.5. The SMILES string of the molecule is COc1cc(N2CCC(N3CC4(CN(C)C4)C3)CC2)ccc1Nc1cc(N2OCCC2c2ccccc2)ncn1. The Hall–Kier alpha value is -3.40. The second kappa shape index (κ2) is 10.5. The van der Waals surface area contributed by atoms with Crippen LogP contribution in [0.1, 0.15) is 30.9 Å². The predicted molar refractivity (Wildman–Crippen MR) is 157 cm³/mol. The molecule has 7 rings (SSSR count). The number of hydrogen-bond acceptors (Lipinski definition) is 9. The van der Waals surface area contributed by atoms with E-state index in [-0.39, 0.29) is 6.04 Å². The lowest BCUT2D eigenvalue weighted by Crippen LogP contribution is -2.73. The van der Waals surface area contributed by atoms with Crippen LogP contribution < -0.4 is 20.0 Å². The Morgan fingerprint density at radius 3 is 2.50 bits per heavy atom. The highest BCUT2D eigenvalue weighted by atomic mass is 16.7. The van der Waals surface area contributed by atoms with Crippen LogP contribution in [-0.4, -0.2) is 85.8 Å². The minimum Gasteiger partial charge on any atom is -0.494 e. The molecule has 40 heavy (non-hydrogen) atoms. The quantitative estimate of drug-likeness (QED) is 0.471. The van der Waals surface area contributed by atoms with Gasteiger partial charge in [0.05, 0.1) is 25.4 Å². The smallest absolute Gasteiger partial charge is 0.158 e. The number of nitrogens with one attached hydrogen (secondary N) is 1. The fraction of sp³-hybridized carbons (Fsp3) is 0.484. The van der Waals surface area contributed by atoms with Gasteiger partial charge in [-0.05, 0) is 37.6 Å². The molecule has 5 heterocycles. The van der Waals surface area contributed by atoms with E-state index in [1.807, 2.05) is 17.2 Å². The number of likely N-dealkylation sites (tertiary alicyclic amines) is 2. The lowest BCUT2D eigenvalue weighted by atomic mass is 9.72. The molecular formula is C31H39N7O2. The van der Waals surface area contributed by atoms with E-state index < -0.39 is 0 Å². The first kappa shape index (κ1) is 25.6. The van der Waals surface area contributed by atoms with E-state index >= 15 is 0 Å². The zero-order valence-corrected chi connectivity index (χ0v) is 23.5. The van der Waals surface area contributed by atoms with Crippen molar-refractivity contribution in [2.45, 2.75) is 31.3 Å². The molecule has 3 aromatic rings. The monoisotopic (exact) mass is 541 g/mol. The normalized spacial score (nSPS) is 23.2. The average molecular weight is 542 g/mol. The van der Waals surface area contributed by atoms with Crippen molar-refractivity contribution in [1.82, 2.24) is 19.8 Å². The van der Waals surface area contributed by atoms with E-state index in [0.29, 0.717) is 17.8 Å². The molecule has 4 saturated heterocycles. The Morgan fingerprint density at radius 2 is 1.75 bits per heavy atom. The average Bonchev–Trinajstić information content (AvgIpc) is 3.45. The second-order valence-electron chi connectivity index (χ2n) is 11.9. The van der Waals surface area contributed by atoms with E-state index in [1.54, 1.807) is 13.4 Å². The Labute approximate surface area is 236 Å². The van der Waals surface area contributed by atoms with Crippen LogP contribution in [0.15, 0.2) is 60.9 Å². The van der Waals surface area contributed by atoms with E-state index in [1.165, 1.54) is 50.3 Å². The summed E-state index contributed by atoms with van der Waals surface area (Å²) in [4.78, 5) is 22.6. The highest BCUT2D eigenvalue weighted by Gasteiger charge is 2.51. The molecule has 0 radical (unpaired) electrons. The summed E-state index contributed by atoms with van der Waals surface area (Å²) in [5.74, 6) is 2.24. The number of hydroxylamine groups is 1. The van der Waals surface area contributed by atoms with Gasteiger partial charge in [0.15, 0.2) is 5.82 Å². The molecular weight excluding hydrogens is 502 g/mol. The van der Waals surface area contributed by atoms with Gasteiger partial charge in [-0.2, -0.15) is 0 Å². The van der Waals surface area contributed by atoms with E-state index in [4.69, 9.17) is 9.57 Å². The summed E-state index contributed by atoms with van der Waals surface area (Å²) in [5.41, 5.74) is 3.91. The minimum atomic E-state index is 0.129. The van der Waals surface area contributed by atoms with Crippen molar-refractivity contribution in [2.75, 3.05) is 75.3 Å². The van der Waals surface area contributed by atoms with Gasteiger partial charge in [-0.15, -0.1) is 0 Å². The molecule has 0 amide bonds. The summed E-state index contributed by atoms with van der Waals surface area (Å²) in [6.07, 6.45) is 4.94. The molecule has 9 nitrogen and oxygen atoms in total. The maximum atomic E-state index is 5.98. The first-order valence-electron chi connectivity index (χ1n) is 14.5. The van der Waals surface area contributed by atoms with Crippen LogP contribution in [0.4, 0.5) is 23.0 Å². The summed E-state index contributed by atoms with van der Waals surface area (Å²) in [6, 6.07) is 19.6. The summed E-state index contributed by atoms with van der Waals surface area (Å²) in [7, 11) is 3.96. The number of piperidine rings is 1. The van der Waals surface area contributed by atoms with Gasteiger partial charge in [0.2, 0.25) is 0 Å². The highest BCUT2D eigenvalue weighted by molar-refractivity contribution is 5.70. The Morgan fingerprint density at radius 1 is 0.950 bits per heavy atom. The summed E-state index contributed by atoms with van der Waals surface area (Å²) >= 11 is 0. The van der Waals surface area contributed by atoms with Crippen molar-refractivity contribution in [3.05, 3.63) is 66.5 Å². The highest BCUT2D eigenvalue weighted by Crippen LogP contribution is 2.42. The lowest BCUT2D eigenvalue weighted by Gasteiger charge is -2.62. The van der Waals surface area contributed by atoms with Crippen molar-refractivity contribution in [2.24, 2.45) is 5.41 Å². The van der Waals surface area contributed by atoms with Crippen molar-refractivity contribution in [3.63, 3.8) is 0 Å². The van der Waals surface area contributed by atoms with Gasteiger partial charge in [-0.3, -0.25) is 9.74 Å². The standard InChI is InChI=1S/C31H39N7O2/c1-35-18-31(19-35)20-37(21-31)24-10-13-36(14-11-24)25-8-9-26(28(16-25)39-2)34-29-17-30(33-22-32-29)38-27(12-15-40-38)23-6-4-3-5-7-23/h3-9,16-17,22,24,27H,10-15,18-21H2,1-2H3,(H,32,33,34). The van der Waals surface area contributed by atoms with Crippen molar-refractivity contribution >= 4 is 23.0 Å². The van der Waals surface area contributed by atoms with Gasteiger partial charge in [0, 0.05) is 75.0 Å². The number of aromatic nitrogens is 2. The van der Waals surface area contributed by atoms with Crippen LogP contribution in [-0.2, 0) is 4.84 Å². The predicted octanol–water partition coefficient (Wildman–Crippen LogP) is 4.33.